The van der Waals surface area contributed by atoms with Crippen LogP contribution in [0.4, 0.5) is 0 Å². The number of aromatic nitrogens is 3. The maximum Gasteiger partial charge on any atom is 0.160 e. The Balaban J connectivity index is 1.14. The monoisotopic (exact) mass is 719 g/mol. The van der Waals surface area contributed by atoms with E-state index in [9.17, 15) is 0 Å². The number of hydrogen-bond donors (Lipinski definition) is 0. The normalized spacial score (nSPS) is 11.3. The fraction of sp³-hybridized carbons (Fsp3) is 0. The second-order valence-electron chi connectivity index (χ2n) is 13.7. The van der Waals surface area contributed by atoms with Crippen LogP contribution in [0, 0.1) is 0 Å². The standard InChI is InChI=1S/C51H33N3S/c1-3-11-34(12-4-1)35-18-20-36(21-19-35)41-29-42(40-26-27-50-45(32-40)44-15-7-8-17-49(44)55-50)31-43(30-41)48-33-47(53-51(54-48)39-13-5-2-6-14-39)38-24-22-37(23-25-38)46-16-9-10-28-52-46/h1-33H. The Hall–Kier alpha value is -7.01. The molecule has 3 aromatic heterocycles. The summed E-state index contributed by atoms with van der Waals surface area (Å²) in [6, 6.07) is 68.7. The first-order chi connectivity index (χ1) is 27.2. The minimum Gasteiger partial charge on any atom is -0.256 e. The summed E-state index contributed by atoms with van der Waals surface area (Å²) in [7, 11) is 0. The van der Waals surface area contributed by atoms with Gasteiger partial charge in [-0.15, -0.1) is 11.3 Å². The summed E-state index contributed by atoms with van der Waals surface area (Å²) in [5.41, 5.74) is 13.7. The molecule has 55 heavy (non-hydrogen) atoms. The number of rotatable bonds is 7. The van der Waals surface area contributed by atoms with Crippen molar-refractivity contribution in [3.63, 3.8) is 0 Å². The van der Waals surface area contributed by atoms with Crippen molar-refractivity contribution in [1.29, 1.82) is 0 Å². The van der Waals surface area contributed by atoms with Gasteiger partial charge in [-0.2, -0.15) is 0 Å². The molecule has 10 rings (SSSR count). The molecular formula is C51H33N3S. The number of benzene rings is 7. The van der Waals surface area contributed by atoms with Crippen molar-refractivity contribution >= 4 is 31.5 Å². The molecule has 3 nitrogen and oxygen atoms in total. The summed E-state index contributed by atoms with van der Waals surface area (Å²) < 4.78 is 2.59. The van der Waals surface area contributed by atoms with Crippen molar-refractivity contribution in [2.24, 2.45) is 0 Å². The first-order valence-corrected chi connectivity index (χ1v) is 19.2. The number of thiophene rings is 1. The predicted octanol–water partition coefficient (Wildman–Crippen LogP) is 13.9. The minimum absolute atomic E-state index is 0.687. The lowest BCUT2D eigenvalue weighted by molar-refractivity contribution is 1.18. The highest BCUT2D eigenvalue weighted by atomic mass is 32.1. The van der Waals surface area contributed by atoms with E-state index in [2.05, 4.69) is 163 Å². The van der Waals surface area contributed by atoms with Crippen LogP contribution in [0.15, 0.2) is 200 Å². The lowest BCUT2D eigenvalue weighted by Gasteiger charge is -2.14. The van der Waals surface area contributed by atoms with Gasteiger partial charge in [-0.05, 0) is 88.0 Å². The smallest absolute Gasteiger partial charge is 0.160 e. The van der Waals surface area contributed by atoms with Crippen LogP contribution in [0.3, 0.4) is 0 Å². The fourth-order valence-corrected chi connectivity index (χ4v) is 8.39. The zero-order valence-corrected chi connectivity index (χ0v) is 30.6. The average Bonchev–Trinajstić information content (AvgIpc) is 3.65. The molecule has 0 aliphatic carbocycles. The van der Waals surface area contributed by atoms with E-state index in [4.69, 9.17) is 9.97 Å². The number of hydrogen-bond acceptors (Lipinski definition) is 4. The van der Waals surface area contributed by atoms with Gasteiger partial charge < -0.3 is 0 Å². The van der Waals surface area contributed by atoms with Crippen molar-refractivity contribution in [1.82, 2.24) is 15.0 Å². The zero-order chi connectivity index (χ0) is 36.6. The Morgan fingerprint density at radius 1 is 0.291 bits per heavy atom. The number of nitrogens with zero attached hydrogens (tertiary/aromatic N) is 3. The minimum atomic E-state index is 0.687. The van der Waals surface area contributed by atoms with Gasteiger partial charge in [0.15, 0.2) is 5.82 Å². The van der Waals surface area contributed by atoms with Crippen LogP contribution in [0.1, 0.15) is 0 Å². The molecule has 0 atom stereocenters. The van der Waals surface area contributed by atoms with Gasteiger partial charge in [0.05, 0.1) is 17.1 Å². The molecule has 7 aromatic carbocycles. The molecule has 0 bridgehead atoms. The summed E-state index contributed by atoms with van der Waals surface area (Å²) in [4.78, 5) is 14.9. The molecule has 3 heterocycles. The van der Waals surface area contributed by atoms with Crippen LogP contribution < -0.4 is 0 Å². The quantitative estimate of drug-likeness (QED) is 0.165. The Labute approximate surface area is 323 Å². The van der Waals surface area contributed by atoms with E-state index < -0.39 is 0 Å². The van der Waals surface area contributed by atoms with E-state index in [-0.39, 0.29) is 0 Å². The molecule has 0 amide bonds. The Morgan fingerprint density at radius 3 is 1.51 bits per heavy atom. The SMILES string of the molecule is c1ccc(-c2ccc(-c3cc(-c4ccc5sc6ccccc6c5c4)cc(-c4cc(-c5ccc(-c6ccccn6)cc5)nc(-c5ccccc5)n4)c3)cc2)cc1. The highest BCUT2D eigenvalue weighted by Gasteiger charge is 2.15. The molecule has 10 aromatic rings. The summed E-state index contributed by atoms with van der Waals surface area (Å²) in [6.07, 6.45) is 1.83. The van der Waals surface area contributed by atoms with Gasteiger partial charge in [-0.1, -0.05) is 140 Å². The van der Waals surface area contributed by atoms with E-state index >= 15 is 0 Å². The largest absolute Gasteiger partial charge is 0.256 e. The van der Waals surface area contributed by atoms with Gasteiger partial charge in [-0.25, -0.2) is 9.97 Å². The molecule has 0 radical (unpaired) electrons. The third kappa shape index (κ3) is 6.50. The van der Waals surface area contributed by atoms with Gasteiger partial charge in [0.25, 0.3) is 0 Å². The molecule has 0 fully saturated rings. The highest BCUT2D eigenvalue weighted by molar-refractivity contribution is 7.25. The van der Waals surface area contributed by atoms with Crippen molar-refractivity contribution in [3.8, 4) is 78.5 Å². The van der Waals surface area contributed by atoms with Crippen molar-refractivity contribution in [2.45, 2.75) is 0 Å². The maximum absolute atomic E-state index is 5.25. The summed E-state index contributed by atoms with van der Waals surface area (Å²) in [5.74, 6) is 0.687. The number of pyridine rings is 1. The molecule has 0 N–H and O–H groups in total. The molecule has 4 heteroatoms. The molecule has 0 aliphatic heterocycles. The van der Waals surface area contributed by atoms with Gasteiger partial charge in [0, 0.05) is 48.6 Å². The highest BCUT2D eigenvalue weighted by Crippen LogP contribution is 2.39. The fourth-order valence-electron chi connectivity index (χ4n) is 7.30. The van der Waals surface area contributed by atoms with Crippen molar-refractivity contribution in [2.75, 3.05) is 0 Å². The molecule has 0 unspecified atom stereocenters. The van der Waals surface area contributed by atoms with Crippen LogP contribution in [0.2, 0.25) is 0 Å². The lowest BCUT2D eigenvalue weighted by atomic mass is 9.93. The molecule has 0 saturated heterocycles. The maximum atomic E-state index is 5.25. The van der Waals surface area contributed by atoms with Gasteiger partial charge in [0.2, 0.25) is 0 Å². The van der Waals surface area contributed by atoms with E-state index in [1.165, 1.54) is 36.9 Å². The third-order valence-corrected chi connectivity index (χ3v) is 11.3. The lowest BCUT2D eigenvalue weighted by Crippen LogP contribution is -1.96. The van der Waals surface area contributed by atoms with E-state index in [1.54, 1.807) is 0 Å². The predicted molar refractivity (Wildman–Crippen MR) is 231 cm³/mol. The van der Waals surface area contributed by atoms with Crippen LogP contribution in [-0.2, 0) is 0 Å². The Bertz CT molecular complexity index is 2940. The van der Waals surface area contributed by atoms with Gasteiger partial charge >= 0.3 is 0 Å². The van der Waals surface area contributed by atoms with Gasteiger partial charge in [-0.3, -0.25) is 4.98 Å². The molecule has 258 valence electrons. The Kier molecular flexibility index (Phi) is 8.36. The van der Waals surface area contributed by atoms with E-state index in [1.807, 2.05) is 53.9 Å². The summed E-state index contributed by atoms with van der Waals surface area (Å²) >= 11 is 1.84. The zero-order valence-electron chi connectivity index (χ0n) is 29.8. The second kappa shape index (κ2) is 14.1. The van der Waals surface area contributed by atoms with Crippen molar-refractivity contribution in [3.05, 3.63) is 200 Å². The molecular weight excluding hydrogens is 687 g/mol. The molecule has 0 saturated carbocycles. The van der Waals surface area contributed by atoms with E-state index in [0.717, 1.165) is 56.0 Å². The Morgan fingerprint density at radius 2 is 0.800 bits per heavy atom. The average molecular weight is 720 g/mol. The van der Waals surface area contributed by atoms with E-state index in [0.29, 0.717) is 5.82 Å². The topological polar surface area (TPSA) is 38.7 Å². The molecule has 0 spiro atoms. The van der Waals surface area contributed by atoms with Crippen molar-refractivity contribution < 1.29 is 0 Å². The van der Waals surface area contributed by atoms with Crippen LogP contribution >= 0.6 is 11.3 Å². The molecule has 0 aliphatic rings. The summed E-state index contributed by atoms with van der Waals surface area (Å²) in [5, 5.41) is 2.57. The van der Waals surface area contributed by atoms with Crippen LogP contribution in [-0.4, -0.2) is 15.0 Å². The summed E-state index contributed by atoms with van der Waals surface area (Å²) in [6.45, 7) is 0. The number of fused-ring (bicyclic) bond motifs is 3. The van der Waals surface area contributed by atoms with Crippen LogP contribution in [0.5, 0.6) is 0 Å². The third-order valence-electron chi connectivity index (χ3n) is 10.2. The van der Waals surface area contributed by atoms with Crippen LogP contribution in [0.25, 0.3) is 98.7 Å². The first-order valence-electron chi connectivity index (χ1n) is 18.4. The first kappa shape index (κ1) is 32.6. The van der Waals surface area contributed by atoms with Gasteiger partial charge in [0.1, 0.15) is 0 Å². The second-order valence-corrected chi connectivity index (χ2v) is 14.8.